The van der Waals surface area contributed by atoms with Crippen molar-refractivity contribution in [3.63, 3.8) is 0 Å². The van der Waals surface area contributed by atoms with Gasteiger partial charge >= 0.3 is 0 Å². The second-order valence-electron chi connectivity index (χ2n) is 2.64. The van der Waals surface area contributed by atoms with Gasteiger partial charge in [-0.2, -0.15) is 0 Å². The third kappa shape index (κ3) is 5.96. The first kappa shape index (κ1) is 12.4. The highest BCUT2D eigenvalue weighted by Gasteiger charge is 1.93. The third-order valence-corrected chi connectivity index (χ3v) is 1.33. The number of hydrogen-bond donors (Lipinski definition) is 1. The quantitative estimate of drug-likeness (QED) is 0.458. The maximum absolute atomic E-state index is 9.13. The lowest BCUT2D eigenvalue weighted by Crippen LogP contribution is -2.30. The second-order valence-corrected chi connectivity index (χ2v) is 2.64. The summed E-state index contributed by atoms with van der Waals surface area (Å²) in [7, 11) is 2.00. The number of hydrogen-bond acceptors (Lipinski definition) is 3. The lowest BCUT2D eigenvalue weighted by Gasteiger charge is -1.87. The van der Waals surface area contributed by atoms with Crippen LogP contribution in [0.15, 0.2) is 31.4 Å². The number of carboxylic acids is 1. The van der Waals surface area contributed by atoms with Crippen LogP contribution in [0.4, 0.5) is 0 Å². The van der Waals surface area contributed by atoms with Gasteiger partial charge in [-0.25, -0.2) is 9.13 Å². The number of carbonyl (C=O) groups excluding carboxylic acids is 1. The van der Waals surface area contributed by atoms with Crippen molar-refractivity contribution in [2.75, 3.05) is 6.54 Å². The first-order valence-corrected chi connectivity index (χ1v) is 4.12. The molecule has 0 amide bonds. The molecule has 0 saturated heterocycles. The zero-order chi connectivity index (χ0) is 11.0. The number of imidazole rings is 1. The van der Waals surface area contributed by atoms with Gasteiger partial charge in [-0.15, -0.1) is 0 Å². The Morgan fingerprint density at radius 2 is 2.36 bits per heavy atom. The smallest absolute Gasteiger partial charge is 0.243 e. The summed E-state index contributed by atoms with van der Waals surface area (Å²) in [5.41, 5.74) is 4.51. The monoisotopic (exact) mass is 197 g/mol. The zero-order valence-electron chi connectivity index (χ0n) is 8.22. The van der Waals surface area contributed by atoms with Gasteiger partial charge in [0, 0.05) is 6.54 Å². The second kappa shape index (κ2) is 6.85. The Labute approximate surface area is 83.1 Å². The normalized spacial score (nSPS) is 8.71. The molecule has 5 heteroatoms. The predicted molar refractivity (Wildman–Crippen MR) is 49.9 cm³/mol. The molecular formula is C9H15N3O2. The van der Waals surface area contributed by atoms with Crippen LogP contribution in [0.3, 0.4) is 0 Å². The van der Waals surface area contributed by atoms with Gasteiger partial charge in [0.05, 0.1) is 13.0 Å². The SMILES string of the molecule is C=CCn1cc[n+](C)c1.NCC(=O)[O-]. The summed E-state index contributed by atoms with van der Waals surface area (Å²) in [5, 5.41) is 9.13. The maximum Gasteiger partial charge on any atom is 0.243 e. The number of allylic oxidation sites excluding steroid dienone is 1. The minimum Gasteiger partial charge on any atom is -0.549 e. The molecule has 5 nitrogen and oxygen atoms in total. The fourth-order valence-corrected chi connectivity index (χ4v) is 0.759. The van der Waals surface area contributed by atoms with E-state index in [4.69, 9.17) is 9.90 Å². The van der Waals surface area contributed by atoms with E-state index in [0.717, 1.165) is 6.54 Å². The third-order valence-electron chi connectivity index (χ3n) is 1.33. The molecule has 0 fully saturated rings. The fraction of sp³-hybridized carbons (Fsp3) is 0.333. The van der Waals surface area contributed by atoms with Crippen LogP contribution in [0.2, 0.25) is 0 Å². The molecule has 1 rings (SSSR count). The van der Waals surface area contributed by atoms with Crippen molar-refractivity contribution in [2.45, 2.75) is 6.54 Å². The van der Waals surface area contributed by atoms with Crippen molar-refractivity contribution >= 4 is 5.97 Å². The first-order valence-electron chi connectivity index (χ1n) is 4.12. The van der Waals surface area contributed by atoms with Crippen LogP contribution in [0, 0.1) is 0 Å². The topological polar surface area (TPSA) is 75.0 Å². The molecule has 0 bridgehead atoms. The zero-order valence-corrected chi connectivity index (χ0v) is 8.22. The minimum absolute atomic E-state index is 0.389. The molecule has 14 heavy (non-hydrogen) atoms. The minimum atomic E-state index is -1.22. The van der Waals surface area contributed by atoms with E-state index < -0.39 is 5.97 Å². The fourth-order valence-electron chi connectivity index (χ4n) is 0.759. The van der Waals surface area contributed by atoms with Crippen LogP contribution in [0.1, 0.15) is 0 Å². The average Bonchev–Trinajstić information content (AvgIpc) is 2.53. The van der Waals surface area contributed by atoms with Gasteiger partial charge in [0.15, 0.2) is 0 Å². The van der Waals surface area contributed by atoms with Crippen LogP contribution in [0.25, 0.3) is 0 Å². The Kier molecular flexibility index (Phi) is 6.06. The van der Waals surface area contributed by atoms with E-state index in [1.165, 1.54) is 0 Å². The number of nitrogens with two attached hydrogens (primary N) is 1. The molecule has 1 heterocycles. The maximum atomic E-state index is 9.13. The Bertz CT molecular complexity index is 294. The molecular weight excluding hydrogens is 182 g/mol. The van der Waals surface area contributed by atoms with Crippen LogP contribution >= 0.6 is 0 Å². The molecule has 0 aliphatic heterocycles. The van der Waals surface area contributed by atoms with Crippen LogP contribution in [-0.4, -0.2) is 17.1 Å². The Morgan fingerprint density at radius 3 is 2.64 bits per heavy atom. The highest BCUT2D eigenvalue weighted by atomic mass is 16.4. The molecule has 1 aromatic heterocycles. The van der Waals surface area contributed by atoms with Crippen molar-refractivity contribution < 1.29 is 14.5 Å². The average molecular weight is 197 g/mol. The molecule has 0 aliphatic carbocycles. The largest absolute Gasteiger partial charge is 0.549 e. The van der Waals surface area contributed by atoms with Crippen molar-refractivity contribution in [3.05, 3.63) is 31.4 Å². The van der Waals surface area contributed by atoms with Gasteiger partial charge in [0.2, 0.25) is 6.33 Å². The number of aliphatic carboxylic acids is 1. The highest BCUT2D eigenvalue weighted by molar-refractivity contribution is 5.66. The summed E-state index contributed by atoms with van der Waals surface area (Å²) < 4.78 is 4.07. The molecule has 0 spiro atoms. The van der Waals surface area contributed by atoms with Gasteiger partial charge in [-0.3, -0.25) is 0 Å². The molecule has 0 aromatic carbocycles. The predicted octanol–water partition coefficient (Wildman–Crippen LogP) is -1.81. The number of carbonyl (C=O) groups is 1. The van der Waals surface area contributed by atoms with Gasteiger partial charge < -0.3 is 15.6 Å². The van der Waals surface area contributed by atoms with E-state index in [2.05, 4.69) is 16.9 Å². The highest BCUT2D eigenvalue weighted by Crippen LogP contribution is 1.81. The van der Waals surface area contributed by atoms with Crippen LogP contribution in [0.5, 0.6) is 0 Å². The molecule has 2 N–H and O–H groups in total. The van der Waals surface area contributed by atoms with Crippen LogP contribution < -0.4 is 15.4 Å². The van der Waals surface area contributed by atoms with Crippen LogP contribution in [-0.2, 0) is 18.4 Å². The lowest BCUT2D eigenvalue weighted by molar-refractivity contribution is -0.671. The van der Waals surface area contributed by atoms with Crippen molar-refractivity contribution in [1.29, 1.82) is 0 Å². The van der Waals surface area contributed by atoms with Crippen molar-refractivity contribution in [1.82, 2.24) is 4.57 Å². The number of aryl methyl sites for hydroxylation is 1. The standard InChI is InChI=1S/C7H11N2.C2H5NO2/c1-3-4-9-6-5-8(2)7-9;3-1-2(4)5/h3,5-7H,1,4H2,2H3;1,3H2,(H,4,5)/q+1;/p-1. The van der Waals surface area contributed by atoms with E-state index >= 15 is 0 Å². The van der Waals surface area contributed by atoms with E-state index in [-0.39, 0.29) is 6.54 Å². The summed E-state index contributed by atoms with van der Waals surface area (Å²) in [4.78, 5) is 9.13. The van der Waals surface area contributed by atoms with E-state index in [1.807, 2.05) is 36.4 Å². The van der Waals surface area contributed by atoms with Gasteiger partial charge in [0.25, 0.3) is 0 Å². The van der Waals surface area contributed by atoms with Gasteiger partial charge in [-0.1, -0.05) is 12.7 Å². The Hall–Kier alpha value is -1.62. The molecule has 0 radical (unpaired) electrons. The van der Waals surface area contributed by atoms with Crippen molar-refractivity contribution in [3.8, 4) is 0 Å². The number of aromatic nitrogens is 2. The van der Waals surface area contributed by atoms with E-state index in [9.17, 15) is 0 Å². The number of carboxylic acid groups (broad SMARTS) is 1. The van der Waals surface area contributed by atoms with Gasteiger partial charge in [0.1, 0.15) is 18.9 Å². The van der Waals surface area contributed by atoms with E-state index in [0.29, 0.717) is 0 Å². The molecule has 0 saturated carbocycles. The Morgan fingerprint density at radius 1 is 1.79 bits per heavy atom. The summed E-state index contributed by atoms with van der Waals surface area (Å²) in [6.07, 6.45) is 7.91. The molecule has 0 atom stereocenters. The summed E-state index contributed by atoms with van der Waals surface area (Å²) >= 11 is 0. The molecule has 0 unspecified atom stereocenters. The Balaban J connectivity index is 0.000000292. The molecule has 1 aromatic rings. The van der Waals surface area contributed by atoms with Gasteiger partial charge in [-0.05, 0) is 0 Å². The first-order chi connectivity index (χ1) is 6.60. The summed E-state index contributed by atoms with van der Waals surface area (Å²) in [6.45, 7) is 4.14. The lowest BCUT2D eigenvalue weighted by atomic mass is 10.6. The summed E-state index contributed by atoms with van der Waals surface area (Å²) in [6, 6.07) is 0. The molecule has 78 valence electrons. The summed E-state index contributed by atoms with van der Waals surface area (Å²) in [5.74, 6) is -1.22. The molecule has 0 aliphatic rings. The number of nitrogens with zero attached hydrogens (tertiary/aromatic N) is 2. The van der Waals surface area contributed by atoms with E-state index in [1.54, 1.807) is 0 Å². The van der Waals surface area contributed by atoms with Crippen molar-refractivity contribution in [2.24, 2.45) is 12.8 Å². The number of rotatable bonds is 3.